The van der Waals surface area contributed by atoms with Crippen molar-refractivity contribution in [2.45, 2.75) is 54.6 Å². The lowest BCUT2D eigenvalue weighted by Crippen LogP contribution is -2.24. The highest BCUT2D eigenvalue weighted by Gasteiger charge is 2.32. The number of hydrogen-bond donors (Lipinski definition) is 0. The van der Waals surface area contributed by atoms with Gasteiger partial charge in [0.05, 0.1) is 0 Å². The first-order valence-electron chi connectivity index (χ1n) is 9.21. The molecule has 0 nitrogen and oxygen atoms in total. The molecule has 0 saturated heterocycles. The van der Waals surface area contributed by atoms with Crippen LogP contribution < -0.4 is 0 Å². The Labute approximate surface area is 154 Å². The van der Waals surface area contributed by atoms with Gasteiger partial charge in [0.2, 0.25) is 0 Å². The third kappa shape index (κ3) is 3.18. The van der Waals surface area contributed by atoms with E-state index in [0.29, 0.717) is 0 Å². The fourth-order valence-corrected chi connectivity index (χ4v) is 7.36. The van der Waals surface area contributed by atoms with Gasteiger partial charge in [-0.3, -0.25) is 0 Å². The van der Waals surface area contributed by atoms with E-state index < -0.39 is 8.07 Å². The molecular weight excluding hydrogens is 316 g/mol. The minimum atomic E-state index is -1.60. The second-order valence-corrected chi connectivity index (χ2v) is 12.7. The molecule has 2 aromatic carbocycles. The number of allylic oxidation sites excluding steroid dienone is 2. The largest absolute Gasteiger partial charge is 0.105 e. The van der Waals surface area contributed by atoms with Crippen molar-refractivity contribution in [3.05, 3.63) is 80.5 Å². The molecule has 0 spiro atoms. The van der Waals surface area contributed by atoms with Gasteiger partial charge in [0.25, 0.3) is 0 Å². The fourth-order valence-electron chi connectivity index (χ4n) is 4.63. The van der Waals surface area contributed by atoms with Gasteiger partial charge in [-0.05, 0) is 85.7 Å². The van der Waals surface area contributed by atoms with Crippen molar-refractivity contribution in [1.29, 1.82) is 0 Å². The van der Waals surface area contributed by atoms with Crippen LogP contribution in [0.15, 0.2) is 36.0 Å². The van der Waals surface area contributed by atoms with Crippen LogP contribution in [0.5, 0.6) is 0 Å². The van der Waals surface area contributed by atoms with Crippen molar-refractivity contribution in [3.8, 4) is 0 Å². The number of rotatable bonds is 2. The van der Waals surface area contributed by atoms with E-state index in [1.165, 1.54) is 50.1 Å². The number of benzene rings is 2. The lowest BCUT2D eigenvalue weighted by molar-refractivity contribution is 1.29. The zero-order valence-corrected chi connectivity index (χ0v) is 18.0. The zero-order valence-electron chi connectivity index (χ0n) is 17.0. The molecule has 3 rings (SSSR count). The summed E-state index contributed by atoms with van der Waals surface area (Å²) in [6.07, 6.45) is 2.49. The first kappa shape index (κ1) is 17.9. The SMILES string of the molecule is Cc1cc(C)c(C2=C[Si](C)(C)C(c3c(C)cc(C)cc3C)=C2)c(C)c1. The van der Waals surface area contributed by atoms with Gasteiger partial charge < -0.3 is 0 Å². The van der Waals surface area contributed by atoms with Crippen LogP contribution in [-0.2, 0) is 0 Å². The summed E-state index contributed by atoms with van der Waals surface area (Å²) >= 11 is 0. The van der Waals surface area contributed by atoms with E-state index in [-0.39, 0.29) is 0 Å². The van der Waals surface area contributed by atoms with Crippen LogP contribution in [0.4, 0.5) is 0 Å². The average molecular weight is 347 g/mol. The van der Waals surface area contributed by atoms with E-state index >= 15 is 0 Å². The summed E-state index contributed by atoms with van der Waals surface area (Å²) in [6.45, 7) is 18.4. The molecule has 0 saturated carbocycles. The van der Waals surface area contributed by atoms with Crippen molar-refractivity contribution in [3.63, 3.8) is 0 Å². The molecule has 130 valence electrons. The van der Waals surface area contributed by atoms with E-state index in [0.717, 1.165) is 0 Å². The highest BCUT2D eigenvalue weighted by atomic mass is 28.3. The topological polar surface area (TPSA) is 0 Å². The molecule has 2 aromatic rings. The summed E-state index contributed by atoms with van der Waals surface area (Å²) < 4.78 is 0. The van der Waals surface area contributed by atoms with Crippen molar-refractivity contribution < 1.29 is 0 Å². The molecule has 0 aromatic heterocycles. The molecule has 0 N–H and O–H groups in total. The second kappa shape index (κ2) is 6.14. The Morgan fingerprint density at radius 3 is 1.44 bits per heavy atom. The molecule has 1 heteroatoms. The summed E-state index contributed by atoms with van der Waals surface area (Å²) in [6, 6.07) is 9.28. The molecule has 0 radical (unpaired) electrons. The van der Waals surface area contributed by atoms with Gasteiger partial charge in [0.15, 0.2) is 0 Å². The van der Waals surface area contributed by atoms with Crippen molar-refractivity contribution in [2.75, 3.05) is 0 Å². The molecule has 0 aliphatic carbocycles. The van der Waals surface area contributed by atoms with Crippen LogP contribution in [0.2, 0.25) is 13.1 Å². The second-order valence-electron chi connectivity index (χ2n) is 8.43. The monoisotopic (exact) mass is 346 g/mol. The van der Waals surface area contributed by atoms with Crippen molar-refractivity contribution in [2.24, 2.45) is 0 Å². The normalized spacial score (nSPS) is 16.0. The van der Waals surface area contributed by atoms with Crippen molar-refractivity contribution >= 4 is 18.8 Å². The Kier molecular flexibility index (Phi) is 4.41. The molecule has 0 bridgehead atoms. The zero-order chi connectivity index (χ0) is 18.5. The van der Waals surface area contributed by atoms with Gasteiger partial charge >= 0.3 is 0 Å². The predicted octanol–water partition coefficient (Wildman–Crippen LogP) is 6.80. The summed E-state index contributed by atoms with van der Waals surface area (Å²) in [5, 5.41) is 1.58. The third-order valence-corrected chi connectivity index (χ3v) is 8.24. The Hall–Kier alpha value is -1.86. The van der Waals surface area contributed by atoms with E-state index in [1.54, 1.807) is 5.20 Å². The predicted molar refractivity (Wildman–Crippen MR) is 115 cm³/mol. The maximum atomic E-state index is 2.59. The maximum Gasteiger partial charge on any atom is 0.105 e. The summed E-state index contributed by atoms with van der Waals surface area (Å²) in [4.78, 5) is 0. The Morgan fingerprint density at radius 2 is 1.00 bits per heavy atom. The van der Waals surface area contributed by atoms with Gasteiger partial charge in [-0.15, -0.1) is 0 Å². The minimum Gasteiger partial charge on any atom is -0.0824 e. The van der Waals surface area contributed by atoms with Gasteiger partial charge in [0.1, 0.15) is 8.07 Å². The summed E-state index contributed by atoms with van der Waals surface area (Å²) in [5.74, 6) is 0. The van der Waals surface area contributed by atoms with Crippen molar-refractivity contribution in [1.82, 2.24) is 0 Å². The molecule has 1 heterocycles. The smallest absolute Gasteiger partial charge is 0.0824 e. The fraction of sp³-hybridized carbons (Fsp3) is 0.333. The van der Waals surface area contributed by atoms with E-state index in [9.17, 15) is 0 Å². The van der Waals surface area contributed by atoms with Crippen LogP contribution in [0.25, 0.3) is 10.8 Å². The highest BCUT2D eigenvalue weighted by molar-refractivity contribution is 7.00. The van der Waals surface area contributed by atoms with Gasteiger partial charge in [-0.2, -0.15) is 0 Å². The van der Waals surface area contributed by atoms with Crippen LogP contribution in [0.1, 0.15) is 44.5 Å². The third-order valence-electron chi connectivity index (χ3n) is 5.42. The Morgan fingerprint density at radius 1 is 0.600 bits per heavy atom. The maximum absolute atomic E-state index is 2.59. The standard InChI is InChI=1S/C24H30Si/c1-15-9-17(3)23(18(4)10-15)21-13-22(25(7,8)14-21)24-19(5)11-16(2)12-20(24)6/h9-14H,1-8H3. The van der Waals surface area contributed by atoms with E-state index in [1.807, 2.05) is 0 Å². The molecule has 1 aliphatic rings. The highest BCUT2D eigenvalue weighted by Crippen LogP contribution is 2.42. The lowest BCUT2D eigenvalue weighted by Gasteiger charge is -2.22. The Bertz CT molecular complexity index is 877. The first-order chi connectivity index (χ1) is 11.6. The van der Waals surface area contributed by atoms with Crippen LogP contribution >= 0.6 is 0 Å². The summed E-state index contributed by atoms with van der Waals surface area (Å²) in [7, 11) is -1.60. The molecule has 25 heavy (non-hydrogen) atoms. The lowest BCUT2D eigenvalue weighted by atomic mass is 9.93. The Balaban J connectivity index is 2.19. The number of hydrogen-bond acceptors (Lipinski definition) is 0. The van der Waals surface area contributed by atoms with Crippen LogP contribution in [-0.4, -0.2) is 8.07 Å². The van der Waals surface area contributed by atoms with Gasteiger partial charge in [0, 0.05) is 0 Å². The van der Waals surface area contributed by atoms with E-state index in [4.69, 9.17) is 0 Å². The van der Waals surface area contributed by atoms with Gasteiger partial charge in [-0.25, -0.2) is 0 Å². The average Bonchev–Trinajstić information content (AvgIpc) is 2.72. The van der Waals surface area contributed by atoms with Crippen LogP contribution in [0.3, 0.4) is 0 Å². The van der Waals surface area contributed by atoms with E-state index in [2.05, 4.69) is 90.7 Å². The molecule has 0 fully saturated rings. The quantitative estimate of drug-likeness (QED) is 0.524. The summed E-state index contributed by atoms with van der Waals surface area (Å²) in [5.41, 5.74) is 15.3. The molecule has 0 amide bonds. The molecule has 0 atom stereocenters. The number of aryl methyl sites for hydroxylation is 6. The minimum absolute atomic E-state index is 1.35. The van der Waals surface area contributed by atoms with Crippen LogP contribution in [0, 0.1) is 41.5 Å². The molecular formula is C24H30Si. The van der Waals surface area contributed by atoms with Gasteiger partial charge in [-0.1, -0.05) is 60.3 Å². The molecule has 1 aliphatic heterocycles. The molecule has 0 unspecified atom stereocenters. The first-order valence-corrected chi connectivity index (χ1v) is 12.3.